The smallest absolute Gasteiger partial charge is 0.317 e. The Balaban J connectivity index is 2.09. The van der Waals surface area contributed by atoms with Crippen molar-refractivity contribution >= 4 is 11.9 Å². The first-order valence-corrected chi connectivity index (χ1v) is 6.19. The van der Waals surface area contributed by atoms with Crippen LogP contribution < -0.4 is 5.73 Å². The van der Waals surface area contributed by atoms with Crippen LogP contribution in [0.15, 0.2) is 0 Å². The van der Waals surface area contributed by atoms with Crippen molar-refractivity contribution in [2.75, 3.05) is 13.1 Å². The number of hydrogen-bond donors (Lipinski definition) is 2. The summed E-state index contributed by atoms with van der Waals surface area (Å²) in [5, 5.41) is 17.0. The van der Waals surface area contributed by atoms with Crippen LogP contribution in [0, 0.1) is 0 Å². The van der Waals surface area contributed by atoms with E-state index in [9.17, 15) is 9.59 Å². The van der Waals surface area contributed by atoms with E-state index in [-0.39, 0.29) is 19.6 Å². The number of rotatable bonds is 6. The van der Waals surface area contributed by atoms with Crippen LogP contribution in [0.2, 0.25) is 0 Å². The lowest BCUT2D eigenvalue weighted by molar-refractivity contribution is -0.138. The average molecular weight is 267 g/mol. The highest BCUT2D eigenvalue weighted by molar-refractivity contribution is 5.77. The molecular weight excluding hydrogens is 250 g/mol. The molecule has 2 heterocycles. The maximum Gasteiger partial charge on any atom is 0.317 e. The minimum atomic E-state index is -1.00. The van der Waals surface area contributed by atoms with Crippen LogP contribution in [-0.2, 0) is 29.1 Å². The van der Waals surface area contributed by atoms with Crippen LogP contribution in [0.3, 0.4) is 0 Å². The predicted molar refractivity (Wildman–Crippen MR) is 65.1 cm³/mol. The number of carboxylic acid groups (broad SMARTS) is 1. The summed E-state index contributed by atoms with van der Waals surface area (Å²) in [5.41, 5.74) is 5.12. The van der Waals surface area contributed by atoms with E-state index in [2.05, 4.69) is 10.2 Å². The lowest BCUT2D eigenvalue weighted by Gasteiger charge is -2.20. The molecule has 0 aliphatic carbocycles. The second kappa shape index (κ2) is 5.79. The number of nitrogens with zero attached hydrogens (tertiary/aromatic N) is 4. The third kappa shape index (κ3) is 3.50. The Morgan fingerprint density at radius 3 is 2.79 bits per heavy atom. The molecular formula is C11H17N5O3. The maximum atomic E-state index is 11.0. The number of fused-ring (bicyclic) bond motifs is 1. The third-order valence-corrected chi connectivity index (χ3v) is 3.04. The van der Waals surface area contributed by atoms with E-state index in [0.29, 0.717) is 5.82 Å². The number of aromatic nitrogens is 3. The van der Waals surface area contributed by atoms with Gasteiger partial charge in [-0.1, -0.05) is 0 Å². The van der Waals surface area contributed by atoms with Gasteiger partial charge in [-0.3, -0.25) is 14.5 Å². The van der Waals surface area contributed by atoms with Crippen molar-refractivity contribution in [3.8, 4) is 0 Å². The van der Waals surface area contributed by atoms with Gasteiger partial charge in [-0.25, -0.2) is 0 Å². The Morgan fingerprint density at radius 2 is 2.11 bits per heavy atom. The second-order valence-corrected chi connectivity index (χ2v) is 4.65. The van der Waals surface area contributed by atoms with Crippen LogP contribution >= 0.6 is 0 Å². The highest BCUT2D eigenvalue weighted by Gasteiger charge is 2.20. The Hall–Kier alpha value is -1.96. The molecule has 0 saturated carbocycles. The fraction of sp³-hybridized carbons (Fsp3) is 0.636. The van der Waals surface area contributed by atoms with E-state index in [1.165, 1.54) is 4.90 Å². The standard InChI is InChI=1S/C11H17N5O3/c12-8(17)5-15(7-11(18)19)6-10-14-13-9-3-1-2-4-16(9)10/h1-7H2,(H2,12,17)(H,18,19). The molecule has 0 atom stereocenters. The van der Waals surface area contributed by atoms with Gasteiger partial charge in [0.1, 0.15) is 11.6 Å². The number of primary amides is 1. The summed E-state index contributed by atoms with van der Waals surface area (Å²) in [4.78, 5) is 23.2. The topological polar surface area (TPSA) is 114 Å². The van der Waals surface area contributed by atoms with E-state index < -0.39 is 11.9 Å². The number of nitrogens with two attached hydrogens (primary N) is 1. The van der Waals surface area contributed by atoms with Crippen LogP contribution in [0.5, 0.6) is 0 Å². The zero-order valence-electron chi connectivity index (χ0n) is 10.6. The van der Waals surface area contributed by atoms with E-state index >= 15 is 0 Å². The molecule has 1 amide bonds. The minimum Gasteiger partial charge on any atom is -0.480 e. The summed E-state index contributed by atoms with van der Waals surface area (Å²) in [6.45, 7) is 0.761. The Labute approximate surface area is 110 Å². The number of hydrogen-bond acceptors (Lipinski definition) is 5. The fourth-order valence-electron chi connectivity index (χ4n) is 2.26. The summed E-state index contributed by atoms with van der Waals surface area (Å²) < 4.78 is 2.00. The van der Waals surface area contributed by atoms with Gasteiger partial charge in [-0.2, -0.15) is 0 Å². The monoisotopic (exact) mass is 267 g/mol. The second-order valence-electron chi connectivity index (χ2n) is 4.65. The lowest BCUT2D eigenvalue weighted by Crippen LogP contribution is -2.37. The minimum absolute atomic E-state index is 0.103. The molecule has 0 spiro atoms. The highest BCUT2D eigenvalue weighted by atomic mass is 16.4. The van der Waals surface area contributed by atoms with Gasteiger partial charge in [-0.15, -0.1) is 10.2 Å². The molecule has 0 aromatic carbocycles. The van der Waals surface area contributed by atoms with Crippen molar-refractivity contribution < 1.29 is 14.7 Å². The normalized spacial score (nSPS) is 14.4. The summed E-state index contributed by atoms with van der Waals surface area (Å²) in [6.07, 6.45) is 3.05. The summed E-state index contributed by atoms with van der Waals surface area (Å²) in [6, 6.07) is 0. The number of amides is 1. The first-order chi connectivity index (χ1) is 9.06. The van der Waals surface area contributed by atoms with Crippen LogP contribution in [0.1, 0.15) is 24.5 Å². The molecule has 0 radical (unpaired) electrons. The van der Waals surface area contributed by atoms with Crippen molar-refractivity contribution in [1.82, 2.24) is 19.7 Å². The zero-order valence-corrected chi connectivity index (χ0v) is 10.6. The quantitative estimate of drug-likeness (QED) is 0.682. The summed E-state index contributed by atoms with van der Waals surface area (Å²) in [7, 11) is 0. The van der Waals surface area contributed by atoms with Crippen LogP contribution in [0.4, 0.5) is 0 Å². The van der Waals surface area contributed by atoms with E-state index in [1.807, 2.05) is 4.57 Å². The van der Waals surface area contributed by atoms with Gasteiger partial charge in [-0.05, 0) is 12.8 Å². The Bertz CT molecular complexity index is 469. The molecule has 104 valence electrons. The zero-order chi connectivity index (χ0) is 13.8. The SMILES string of the molecule is NC(=O)CN(CC(=O)O)Cc1nnc2n1CCCC2. The number of carbonyl (C=O) groups is 2. The molecule has 19 heavy (non-hydrogen) atoms. The van der Waals surface area contributed by atoms with Gasteiger partial charge in [0, 0.05) is 13.0 Å². The molecule has 1 aliphatic rings. The van der Waals surface area contributed by atoms with Gasteiger partial charge in [0.15, 0.2) is 0 Å². The van der Waals surface area contributed by atoms with Crippen molar-refractivity contribution in [3.63, 3.8) is 0 Å². The van der Waals surface area contributed by atoms with E-state index in [1.54, 1.807) is 0 Å². The number of carbonyl (C=O) groups excluding carboxylic acids is 1. The average Bonchev–Trinajstić information content (AvgIpc) is 2.71. The van der Waals surface area contributed by atoms with Gasteiger partial charge in [0.25, 0.3) is 0 Å². The Morgan fingerprint density at radius 1 is 1.32 bits per heavy atom. The lowest BCUT2D eigenvalue weighted by atomic mass is 10.1. The first-order valence-electron chi connectivity index (χ1n) is 6.19. The van der Waals surface area contributed by atoms with Gasteiger partial charge in [0.2, 0.25) is 5.91 Å². The largest absolute Gasteiger partial charge is 0.480 e. The molecule has 0 bridgehead atoms. The highest BCUT2D eigenvalue weighted by Crippen LogP contribution is 2.15. The number of carboxylic acids is 1. The molecule has 8 heteroatoms. The van der Waals surface area contributed by atoms with Gasteiger partial charge in [0.05, 0.1) is 19.6 Å². The first kappa shape index (κ1) is 13.5. The molecule has 1 aliphatic heterocycles. The molecule has 2 rings (SSSR count). The van der Waals surface area contributed by atoms with Crippen LogP contribution in [0.25, 0.3) is 0 Å². The van der Waals surface area contributed by atoms with Gasteiger partial charge >= 0.3 is 5.97 Å². The van der Waals surface area contributed by atoms with Crippen molar-refractivity contribution in [2.24, 2.45) is 5.73 Å². The predicted octanol–water partition coefficient (Wildman–Crippen LogP) is -1.01. The summed E-state index contributed by atoms with van der Waals surface area (Å²) in [5.74, 6) is 0.0621. The maximum absolute atomic E-state index is 11.0. The van der Waals surface area contributed by atoms with Crippen molar-refractivity contribution in [3.05, 3.63) is 11.6 Å². The molecule has 0 saturated heterocycles. The molecule has 1 aromatic rings. The molecule has 0 unspecified atom stereocenters. The Kier molecular flexibility index (Phi) is 4.10. The van der Waals surface area contributed by atoms with E-state index in [0.717, 1.165) is 31.6 Å². The van der Waals surface area contributed by atoms with Crippen molar-refractivity contribution in [2.45, 2.75) is 32.4 Å². The fourth-order valence-corrected chi connectivity index (χ4v) is 2.26. The van der Waals surface area contributed by atoms with Gasteiger partial charge < -0.3 is 15.4 Å². The van der Waals surface area contributed by atoms with E-state index in [4.69, 9.17) is 10.8 Å². The molecule has 0 fully saturated rings. The number of aliphatic carboxylic acids is 1. The summed E-state index contributed by atoms with van der Waals surface area (Å²) >= 11 is 0. The van der Waals surface area contributed by atoms with Crippen molar-refractivity contribution in [1.29, 1.82) is 0 Å². The third-order valence-electron chi connectivity index (χ3n) is 3.04. The number of aryl methyl sites for hydroxylation is 1. The molecule has 8 nitrogen and oxygen atoms in total. The molecule has 3 N–H and O–H groups in total. The van der Waals surface area contributed by atoms with Crippen LogP contribution in [-0.4, -0.2) is 49.7 Å². The molecule has 1 aromatic heterocycles.